The number of anilines is 3. The van der Waals surface area contributed by atoms with Crippen LogP contribution in [-0.4, -0.2) is 276 Å². The molecule has 12 fully saturated rings. The summed E-state index contributed by atoms with van der Waals surface area (Å²) < 4.78 is 6.85. The van der Waals surface area contributed by atoms with E-state index in [2.05, 4.69) is 201 Å². The van der Waals surface area contributed by atoms with Gasteiger partial charge < -0.3 is 80.7 Å². The van der Waals surface area contributed by atoms with Crippen LogP contribution in [0.2, 0.25) is 5.15 Å². The molecule has 13 aliphatic heterocycles. The van der Waals surface area contributed by atoms with Crippen LogP contribution in [-0.2, 0) is 60.2 Å². The van der Waals surface area contributed by atoms with E-state index in [0.717, 1.165) is 213 Å². The molecule has 22 heterocycles. The zero-order valence-electron chi connectivity index (χ0n) is 80.9. The minimum atomic E-state index is -0.275. The van der Waals surface area contributed by atoms with Gasteiger partial charge in [0, 0.05) is 197 Å². The maximum absolute atomic E-state index is 12.7. The molecule has 1 radical (unpaired) electrons. The van der Waals surface area contributed by atoms with Gasteiger partial charge in [0.2, 0.25) is 11.8 Å². The number of hydrogen-bond acceptors (Lipinski definition) is 27. The Morgan fingerprint density at radius 1 is 0.452 bits per heavy atom. The van der Waals surface area contributed by atoms with Crippen LogP contribution in [0.15, 0.2) is 158 Å². The summed E-state index contributed by atoms with van der Waals surface area (Å²) in [5.74, 6) is 6.49. The van der Waals surface area contributed by atoms with Crippen molar-refractivity contribution in [2.24, 2.45) is 40.5 Å². The number of rotatable bonds is 10. The van der Waals surface area contributed by atoms with Crippen molar-refractivity contribution in [2.45, 2.75) is 233 Å². The van der Waals surface area contributed by atoms with Crippen LogP contribution in [0.3, 0.4) is 0 Å². The van der Waals surface area contributed by atoms with E-state index in [-0.39, 0.29) is 152 Å². The van der Waals surface area contributed by atoms with Gasteiger partial charge in [0.25, 0.3) is 5.91 Å². The molecule has 3 amide bonds. The first-order valence-electron chi connectivity index (χ1n) is 48.2. The van der Waals surface area contributed by atoms with Gasteiger partial charge in [-0.1, -0.05) is 179 Å². The number of H-pyrrole nitrogens is 4. The number of benzene rings is 2. The summed E-state index contributed by atoms with van der Waals surface area (Å²) in [6.45, 7) is 41.6. The quantitative estimate of drug-likeness (QED) is 0.0574. The summed E-state index contributed by atoms with van der Waals surface area (Å²) in [6.07, 6.45) is 22.1. The number of aliphatic imine (C=N–C) groups is 1. The molecule has 24 rings (SSSR count). The SMILES string of the molecule is C.C.C.C.C.C.C.C.CC1=CC(C)=NC1.C[C@H]1CN(C(=O)CC#N)[C@]12CCN(c1ncnc3[nH]ccc13)C2.C[C@H]1CN(C(=O)CC#N)[C@]12CCN(c1ncnc3[nH]ccc13)C2.C[C@H]1CN(C(=O)OCc2ccccc2)[C@]12CCN(Cc1ccccc1)C2.C[C@H]1CN[C@]12CCN(c1ncnc3[nH]ccc13)C2.C[C@H]1CN[C@]12CCNC2.C[C@H]1CN[C@]12CCNC2.Cc1cc(C)n(C(=O)CC#N)n1.Clc1ncnc2[nH]ccc12.[Y]. The Morgan fingerprint density at radius 2 is 0.849 bits per heavy atom. The summed E-state index contributed by atoms with van der Waals surface area (Å²) in [4.78, 5) is 114. The van der Waals surface area contributed by atoms with Crippen molar-refractivity contribution in [3.8, 4) is 18.2 Å². The van der Waals surface area contributed by atoms with Crippen molar-refractivity contribution in [3.05, 3.63) is 180 Å². The van der Waals surface area contributed by atoms with Crippen LogP contribution in [0.5, 0.6) is 0 Å². The molecule has 12 saturated heterocycles. The van der Waals surface area contributed by atoms with Gasteiger partial charge in [0.1, 0.15) is 96.4 Å². The van der Waals surface area contributed by atoms with Crippen molar-refractivity contribution < 1.29 is 56.6 Å². The molecule has 0 aliphatic carbocycles. The van der Waals surface area contributed by atoms with Gasteiger partial charge in [-0.2, -0.15) is 20.9 Å². The third-order valence-electron chi connectivity index (χ3n) is 30.9. The van der Waals surface area contributed by atoms with Crippen molar-refractivity contribution in [3.63, 3.8) is 0 Å². The number of allylic oxidation sites excluding steroid dienone is 1. The number of fused-ring (bicyclic) bond motifs is 4. The fourth-order valence-electron chi connectivity index (χ4n) is 22.0. The number of halogens is 1. The third-order valence-corrected chi connectivity index (χ3v) is 31.2. The second-order valence-electron chi connectivity index (χ2n) is 39.2. The van der Waals surface area contributed by atoms with Crippen LogP contribution in [0.4, 0.5) is 22.2 Å². The smallest absolute Gasteiger partial charge is 0.410 e. The molecular weight excluding hydrogens is 1930 g/mol. The first kappa shape index (κ1) is 121. The van der Waals surface area contributed by atoms with E-state index in [9.17, 15) is 19.2 Å². The zero-order chi connectivity index (χ0) is 96.2. The topological polar surface area (TPSA) is 428 Å². The van der Waals surface area contributed by atoms with Gasteiger partial charge in [0.15, 0.2) is 0 Å². The molecule has 37 heteroatoms. The number of nitrogens with one attached hydrogen (secondary N) is 9. The Balaban J connectivity index is 0.000000227. The number of amides is 3. The molecule has 11 aromatic rings. The molecule has 6 spiro atoms. The third kappa shape index (κ3) is 25.9. The molecule has 9 N–H and O–H groups in total. The van der Waals surface area contributed by atoms with Gasteiger partial charge in [-0.15, -0.1) is 0 Å². The second-order valence-corrected chi connectivity index (χ2v) is 39.6. The number of ether oxygens (including phenoxy) is 1. The molecular formula is C109H161ClN30O5Y. The van der Waals surface area contributed by atoms with Crippen LogP contribution >= 0.6 is 11.6 Å². The number of hydrogen-bond donors (Lipinski definition) is 9. The molecule has 2 aromatic carbocycles. The molecule has 0 bridgehead atoms. The van der Waals surface area contributed by atoms with Crippen molar-refractivity contribution >= 4 is 103 Å². The molecule has 0 unspecified atom stereocenters. The van der Waals surface area contributed by atoms with E-state index in [1.807, 2.05) is 114 Å². The molecule has 787 valence electrons. The largest absolute Gasteiger partial charge is 0.445 e. The van der Waals surface area contributed by atoms with Crippen LogP contribution in [0, 0.1) is 83.3 Å². The Kier molecular flexibility index (Phi) is 44.4. The Bertz CT molecular complexity index is 6080. The summed E-state index contributed by atoms with van der Waals surface area (Å²) in [5.41, 5.74) is 10.8. The Labute approximate surface area is 895 Å². The summed E-state index contributed by atoms with van der Waals surface area (Å²) in [6, 6.07) is 35.8. The first-order chi connectivity index (χ1) is 66.2. The van der Waals surface area contributed by atoms with Gasteiger partial charge >= 0.3 is 6.09 Å². The number of aromatic amines is 4. The van der Waals surface area contributed by atoms with Gasteiger partial charge in [0.05, 0.1) is 68.6 Å². The van der Waals surface area contributed by atoms with E-state index < -0.39 is 0 Å². The summed E-state index contributed by atoms with van der Waals surface area (Å²) in [7, 11) is 0. The van der Waals surface area contributed by atoms with Gasteiger partial charge in [-0.25, -0.2) is 49.3 Å². The molecule has 9 aromatic heterocycles. The van der Waals surface area contributed by atoms with Crippen molar-refractivity contribution in [1.82, 2.24) is 116 Å². The van der Waals surface area contributed by atoms with Crippen LogP contribution in [0.1, 0.15) is 200 Å². The molecule has 146 heavy (non-hydrogen) atoms. The number of nitriles is 3. The summed E-state index contributed by atoms with van der Waals surface area (Å²) >= 11 is 5.73. The monoisotopic (exact) mass is 2090 g/mol. The van der Waals surface area contributed by atoms with E-state index in [0.29, 0.717) is 46.1 Å². The number of aryl methyl sites for hydroxylation is 2. The zero-order valence-corrected chi connectivity index (χ0v) is 84.5. The number of likely N-dealkylation sites (tertiary alicyclic amines) is 4. The number of aromatic nitrogens is 14. The Hall–Kier alpha value is -11.6. The van der Waals surface area contributed by atoms with Gasteiger partial charge in [-0.05, 0) is 162 Å². The molecule has 12 atom stereocenters. The summed E-state index contributed by atoms with van der Waals surface area (Å²) in [5, 5.41) is 51.7. The van der Waals surface area contributed by atoms with Crippen molar-refractivity contribution in [2.75, 3.05) is 139 Å². The van der Waals surface area contributed by atoms with E-state index in [4.69, 9.17) is 32.1 Å². The van der Waals surface area contributed by atoms with E-state index in [1.165, 1.54) is 80.7 Å². The van der Waals surface area contributed by atoms with Crippen molar-refractivity contribution in [1.29, 1.82) is 15.8 Å². The van der Waals surface area contributed by atoms with E-state index >= 15 is 0 Å². The van der Waals surface area contributed by atoms with Crippen LogP contribution in [0.25, 0.3) is 44.1 Å². The first-order valence-corrected chi connectivity index (χ1v) is 48.5. The minimum Gasteiger partial charge on any atom is -0.445 e. The molecule has 35 nitrogen and oxygen atoms in total. The second kappa shape index (κ2) is 53.4. The average Bonchev–Trinajstić information content (AvgIpc) is 1.55. The predicted molar refractivity (Wildman–Crippen MR) is 583 cm³/mol. The Morgan fingerprint density at radius 3 is 1.21 bits per heavy atom. The van der Waals surface area contributed by atoms with Crippen LogP contribution < -0.4 is 41.3 Å². The van der Waals surface area contributed by atoms with E-state index in [1.54, 1.807) is 44.2 Å². The fourth-order valence-corrected chi connectivity index (χ4v) is 22.2. The average molecular weight is 2100 g/mol. The number of carbonyl (C=O) groups excluding carboxylic acids is 4. The predicted octanol–water partition coefficient (Wildman–Crippen LogP) is 16.7. The number of nitrogens with zero attached hydrogens (tertiary/aromatic N) is 21. The maximum atomic E-state index is 12.7. The van der Waals surface area contributed by atoms with Gasteiger partial charge in [-0.3, -0.25) is 24.3 Å². The number of carbonyl (C=O) groups is 4. The maximum Gasteiger partial charge on any atom is 0.410 e. The normalized spacial score (nSPS) is 25.2. The standard InChI is InChI=1S/C22H26N2O2.2C16H18N6O.C13H17N5.C8H9N3O.2C7H14N2.C6H4ClN3.C6H9N.8CH4.Y/c1-18-14-24(21(25)26-16-20-10-6-3-7-11-20)22(18)12-13-23(17-22)15-19-8-4-2-5-9-19;2*1-11-8-22(13(23)2-5-17)16(11)4-7-21(9-16)15-12-3-6-18-14(12)19-10-20-15;1-9-6-17-13(9)3-5-18(7-13)12-10-2-4-14-11(10)15-8-16-12;1-6-5-7(2)11(10-6)8(12)3-4-9;2*1-6-4-9-7(6)2-3-8-5-7;7-5-4-1-2-8-6(4)10-3-9-5;1-5-3-6(2)7-4-5;;;;;;;;;/h2-11,18H,12-17H2,1H3;2*3,6,10-11H,2,4,7-9H2,1H3,(H,18,19,20);2,4,8-9,17H,3,5-7H2,1H3,(H,14,15,16);5H,3H2,1-2H3;2*6,8-9H,2-5H2,1H3;1-3H,(H,8,9,10);3H,4H2,1-2H3;8*1H4;/t18-,22-;2*11-,16-;9-,13-;;2*6-,7-;;;;;;;;;;;/m0000.00.........../s1. The molecule has 13 aliphatic rings. The fraction of sp³-hybridized carbons (Fsp3) is 0.550. The minimum absolute atomic E-state index is 0. The molecule has 0 saturated carbocycles.